The van der Waals surface area contributed by atoms with Crippen LogP contribution in [0.25, 0.3) is 0 Å². The highest BCUT2D eigenvalue weighted by Gasteiger charge is 2.18. The molecule has 7 heteroatoms. The van der Waals surface area contributed by atoms with Crippen LogP contribution in [0, 0.1) is 0 Å². The fraction of sp³-hybridized carbons (Fsp3) is 0.231. The molecule has 20 heavy (non-hydrogen) atoms. The van der Waals surface area contributed by atoms with Gasteiger partial charge in [-0.15, -0.1) is 11.3 Å². The van der Waals surface area contributed by atoms with Crippen molar-refractivity contribution in [2.75, 3.05) is 7.11 Å². The van der Waals surface area contributed by atoms with Crippen molar-refractivity contribution in [3.63, 3.8) is 0 Å². The van der Waals surface area contributed by atoms with Gasteiger partial charge in [0.2, 0.25) is 10.0 Å². The minimum Gasteiger partial charge on any atom is -0.497 e. The average Bonchev–Trinajstić information content (AvgIpc) is 2.95. The van der Waals surface area contributed by atoms with E-state index in [4.69, 9.17) is 9.84 Å². The highest BCUT2D eigenvalue weighted by atomic mass is 32.2. The Kier molecular flexibility index (Phi) is 4.77. The fourth-order valence-electron chi connectivity index (χ4n) is 1.68. The molecule has 0 amide bonds. The number of thiophene rings is 1. The van der Waals surface area contributed by atoms with Crippen LogP contribution in [-0.4, -0.2) is 20.6 Å². The van der Waals surface area contributed by atoms with Gasteiger partial charge in [0.15, 0.2) is 0 Å². The molecule has 0 bridgehead atoms. The van der Waals surface area contributed by atoms with Gasteiger partial charge >= 0.3 is 0 Å². The number of hydrogen-bond acceptors (Lipinski definition) is 5. The third-order valence-corrected chi connectivity index (χ3v) is 5.28. The van der Waals surface area contributed by atoms with Crippen molar-refractivity contribution < 1.29 is 18.3 Å². The van der Waals surface area contributed by atoms with Crippen LogP contribution in [-0.2, 0) is 23.2 Å². The zero-order valence-electron chi connectivity index (χ0n) is 10.9. The number of methoxy groups -OCH3 is 1. The Morgan fingerprint density at radius 1 is 1.25 bits per heavy atom. The topological polar surface area (TPSA) is 75.6 Å². The van der Waals surface area contributed by atoms with Gasteiger partial charge in [0.1, 0.15) is 5.75 Å². The average molecular weight is 313 g/mol. The molecule has 0 atom stereocenters. The Balaban J connectivity index is 2.09. The molecular weight excluding hydrogens is 298 g/mol. The van der Waals surface area contributed by atoms with Gasteiger partial charge in [0, 0.05) is 11.4 Å². The van der Waals surface area contributed by atoms with Gasteiger partial charge in [-0.2, -0.15) is 0 Å². The van der Waals surface area contributed by atoms with Gasteiger partial charge in [0.05, 0.1) is 18.6 Å². The number of rotatable bonds is 6. The molecule has 0 saturated heterocycles. The monoisotopic (exact) mass is 313 g/mol. The first-order chi connectivity index (χ1) is 9.56. The van der Waals surface area contributed by atoms with Crippen molar-refractivity contribution in [3.05, 3.63) is 46.2 Å². The lowest BCUT2D eigenvalue weighted by molar-refractivity contribution is 0.282. The van der Waals surface area contributed by atoms with Crippen LogP contribution in [0.5, 0.6) is 5.75 Å². The summed E-state index contributed by atoms with van der Waals surface area (Å²) >= 11 is 1.22. The van der Waals surface area contributed by atoms with E-state index in [0.717, 1.165) is 11.3 Å². The van der Waals surface area contributed by atoms with Crippen molar-refractivity contribution in [3.8, 4) is 5.75 Å². The molecule has 0 spiro atoms. The molecular formula is C13H15NO4S2. The molecule has 5 nitrogen and oxygen atoms in total. The Bertz CT molecular complexity index is 662. The zero-order chi connectivity index (χ0) is 14.6. The molecule has 1 aromatic heterocycles. The third-order valence-electron chi connectivity index (χ3n) is 2.76. The quantitative estimate of drug-likeness (QED) is 0.851. The van der Waals surface area contributed by atoms with E-state index in [1.807, 2.05) is 0 Å². The number of hydrogen-bond donors (Lipinski definition) is 2. The minimum atomic E-state index is -3.60. The maximum Gasteiger partial charge on any atom is 0.242 e. The maximum atomic E-state index is 12.1. The van der Waals surface area contributed by atoms with Gasteiger partial charge < -0.3 is 9.84 Å². The molecule has 0 aliphatic heterocycles. The molecule has 0 fully saturated rings. The Hall–Kier alpha value is -1.41. The zero-order valence-corrected chi connectivity index (χ0v) is 12.5. The predicted molar refractivity (Wildman–Crippen MR) is 77.3 cm³/mol. The van der Waals surface area contributed by atoms with Crippen LogP contribution in [0.2, 0.25) is 0 Å². The third kappa shape index (κ3) is 3.37. The van der Waals surface area contributed by atoms with Crippen molar-refractivity contribution in [2.24, 2.45) is 0 Å². The standard InChI is InChI=1S/C13H15NO4S2/c1-18-11-4-2-10(3-5-11)8-14-20(16,17)13-6-7-19-12(13)9-15/h2-7,14-15H,8-9H2,1H3. The molecule has 108 valence electrons. The number of benzene rings is 1. The summed E-state index contributed by atoms with van der Waals surface area (Å²) in [5.74, 6) is 0.719. The van der Waals surface area contributed by atoms with E-state index in [1.54, 1.807) is 36.8 Å². The summed E-state index contributed by atoms with van der Waals surface area (Å²) in [5, 5.41) is 10.8. The largest absolute Gasteiger partial charge is 0.497 e. The van der Waals surface area contributed by atoms with Crippen LogP contribution >= 0.6 is 11.3 Å². The molecule has 0 saturated carbocycles. The van der Waals surface area contributed by atoms with Crippen LogP contribution in [0.3, 0.4) is 0 Å². The second-order valence-electron chi connectivity index (χ2n) is 4.04. The van der Waals surface area contributed by atoms with E-state index in [2.05, 4.69) is 4.72 Å². The van der Waals surface area contributed by atoms with Crippen LogP contribution < -0.4 is 9.46 Å². The van der Waals surface area contributed by atoms with Gasteiger partial charge in [-0.1, -0.05) is 12.1 Å². The van der Waals surface area contributed by atoms with Crippen molar-refractivity contribution in [1.82, 2.24) is 4.72 Å². The van der Waals surface area contributed by atoms with E-state index in [1.165, 1.54) is 17.4 Å². The second-order valence-corrected chi connectivity index (χ2v) is 6.77. The Morgan fingerprint density at radius 2 is 1.95 bits per heavy atom. The first-order valence-corrected chi connectivity index (χ1v) is 8.23. The van der Waals surface area contributed by atoms with Crippen LogP contribution in [0.1, 0.15) is 10.4 Å². The van der Waals surface area contributed by atoms with Gasteiger partial charge in [-0.3, -0.25) is 0 Å². The van der Waals surface area contributed by atoms with Gasteiger partial charge in [0.25, 0.3) is 0 Å². The highest BCUT2D eigenvalue weighted by molar-refractivity contribution is 7.89. The van der Waals surface area contributed by atoms with E-state index >= 15 is 0 Å². The maximum absolute atomic E-state index is 12.1. The summed E-state index contributed by atoms with van der Waals surface area (Å²) in [4.78, 5) is 0.575. The van der Waals surface area contributed by atoms with E-state index in [-0.39, 0.29) is 18.0 Å². The van der Waals surface area contributed by atoms with Crippen molar-refractivity contribution in [2.45, 2.75) is 18.0 Å². The van der Waals surface area contributed by atoms with Gasteiger partial charge in [-0.25, -0.2) is 13.1 Å². The summed E-state index contributed by atoms with van der Waals surface area (Å²) in [6.07, 6.45) is 0. The number of nitrogens with one attached hydrogen (secondary N) is 1. The summed E-state index contributed by atoms with van der Waals surface area (Å²) < 4.78 is 31.8. The smallest absolute Gasteiger partial charge is 0.242 e. The molecule has 1 aromatic carbocycles. The number of aliphatic hydroxyl groups excluding tert-OH is 1. The predicted octanol–water partition coefficient (Wildman–Crippen LogP) is 1.73. The molecule has 0 aliphatic rings. The summed E-state index contributed by atoms with van der Waals surface area (Å²) in [7, 11) is -2.03. The first kappa shape index (κ1) is 15.0. The normalized spacial score (nSPS) is 11.5. The number of aliphatic hydroxyl groups is 1. The molecule has 2 rings (SSSR count). The van der Waals surface area contributed by atoms with Crippen molar-refractivity contribution >= 4 is 21.4 Å². The van der Waals surface area contributed by atoms with Crippen LogP contribution in [0.15, 0.2) is 40.6 Å². The Labute approximate surface area is 121 Å². The summed E-state index contributed by atoms with van der Waals surface area (Å²) in [5.41, 5.74) is 0.829. The lowest BCUT2D eigenvalue weighted by atomic mass is 10.2. The molecule has 0 aliphatic carbocycles. The molecule has 2 aromatic rings. The van der Waals surface area contributed by atoms with Gasteiger partial charge in [-0.05, 0) is 29.1 Å². The Morgan fingerprint density at radius 3 is 2.55 bits per heavy atom. The van der Waals surface area contributed by atoms with E-state index in [9.17, 15) is 8.42 Å². The highest BCUT2D eigenvalue weighted by Crippen LogP contribution is 2.22. The molecule has 1 heterocycles. The summed E-state index contributed by atoms with van der Waals surface area (Å²) in [6.45, 7) is -0.0938. The fourth-order valence-corrected chi connectivity index (χ4v) is 3.99. The van der Waals surface area contributed by atoms with E-state index < -0.39 is 10.0 Å². The lowest BCUT2D eigenvalue weighted by Crippen LogP contribution is -2.23. The lowest BCUT2D eigenvalue weighted by Gasteiger charge is -2.07. The van der Waals surface area contributed by atoms with E-state index in [0.29, 0.717) is 4.88 Å². The second kappa shape index (κ2) is 6.36. The molecule has 2 N–H and O–H groups in total. The molecule has 0 radical (unpaired) electrons. The SMILES string of the molecule is COc1ccc(CNS(=O)(=O)c2ccsc2CO)cc1. The first-order valence-electron chi connectivity index (χ1n) is 5.86. The number of ether oxygens (including phenoxy) is 1. The summed E-state index contributed by atoms with van der Waals surface area (Å²) in [6, 6.07) is 8.62. The molecule has 0 unspecified atom stereocenters. The minimum absolute atomic E-state index is 0.138. The number of sulfonamides is 1. The van der Waals surface area contributed by atoms with Crippen LogP contribution in [0.4, 0.5) is 0 Å². The van der Waals surface area contributed by atoms with Crippen molar-refractivity contribution in [1.29, 1.82) is 0 Å².